The first-order chi connectivity index (χ1) is 7.86. The van der Waals surface area contributed by atoms with Crippen molar-refractivity contribution in [3.63, 3.8) is 0 Å². The monoisotopic (exact) mass is 229 g/mol. The summed E-state index contributed by atoms with van der Waals surface area (Å²) in [6.07, 6.45) is 6.15. The summed E-state index contributed by atoms with van der Waals surface area (Å²) < 4.78 is 5.21. The van der Waals surface area contributed by atoms with Crippen LogP contribution in [-0.2, 0) is 4.74 Å². The molecule has 1 heterocycles. The van der Waals surface area contributed by atoms with Crippen molar-refractivity contribution in [3.8, 4) is 0 Å². The van der Waals surface area contributed by atoms with Crippen molar-refractivity contribution in [2.24, 2.45) is 4.99 Å². The number of methoxy groups -OCH3 is 1. The Morgan fingerprint density at radius 1 is 1.31 bits per heavy atom. The molecule has 0 spiro atoms. The lowest BCUT2D eigenvalue weighted by Crippen LogP contribution is -2.18. The van der Waals surface area contributed by atoms with E-state index in [-0.39, 0.29) is 0 Å². The first-order valence-corrected chi connectivity index (χ1v) is 6.03. The summed E-state index contributed by atoms with van der Waals surface area (Å²) in [5.74, 6) is 0.870. The van der Waals surface area contributed by atoms with E-state index >= 15 is 0 Å². The van der Waals surface area contributed by atoms with Crippen molar-refractivity contribution >= 4 is 23.2 Å². The third-order valence-corrected chi connectivity index (χ3v) is 3.87. The third-order valence-electron chi connectivity index (χ3n) is 2.62. The predicted molar refractivity (Wildman–Crippen MR) is 67.4 cm³/mol. The fourth-order valence-electron chi connectivity index (χ4n) is 1.80. The average molecular weight is 229 g/mol. The van der Waals surface area contributed by atoms with E-state index in [1.807, 2.05) is 36.0 Å². The Kier molecular flexibility index (Phi) is 2.33. The Hall–Kier alpha value is -1.48. The number of fused-ring (bicyclic) bond motifs is 2. The number of allylic oxidation sites excluding steroid dienone is 2. The zero-order valence-electron chi connectivity index (χ0n) is 8.88. The van der Waals surface area contributed by atoms with Gasteiger partial charge in [0.2, 0.25) is 0 Å². The van der Waals surface area contributed by atoms with Gasteiger partial charge < -0.3 is 4.74 Å². The van der Waals surface area contributed by atoms with Gasteiger partial charge in [-0.25, -0.2) is 0 Å². The largest absolute Gasteiger partial charge is 0.497 e. The van der Waals surface area contributed by atoms with Crippen molar-refractivity contribution < 1.29 is 4.74 Å². The minimum atomic E-state index is 0.328. The normalized spacial score (nSPS) is 21.7. The lowest BCUT2D eigenvalue weighted by molar-refractivity contribution is 0.307. The van der Waals surface area contributed by atoms with E-state index in [0.29, 0.717) is 5.25 Å². The van der Waals surface area contributed by atoms with Crippen LogP contribution in [0.3, 0.4) is 0 Å². The summed E-state index contributed by atoms with van der Waals surface area (Å²) >= 11 is 1.84. The van der Waals surface area contributed by atoms with Crippen LogP contribution in [0.15, 0.2) is 58.1 Å². The molecule has 1 aromatic carbocycles. The van der Waals surface area contributed by atoms with Gasteiger partial charge in [0.1, 0.15) is 5.76 Å². The maximum atomic E-state index is 5.21. The molecule has 1 aromatic rings. The number of hydrogen-bond donors (Lipinski definition) is 0. The molecule has 3 heteroatoms. The Balaban J connectivity index is 2.06. The topological polar surface area (TPSA) is 21.6 Å². The van der Waals surface area contributed by atoms with Crippen molar-refractivity contribution in [2.45, 2.75) is 10.1 Å². The summed E-state index contributed by atoms with van der Waals surface area (Å²) in [5, 5.41) is 0.328. The first-order valence-electron chi connectivity index (χ1n) is 5.15. The van der Waals surface area contributed by atoms with Gasteiger partial charge in [-0.1, -0.05) is 18.2 Å². The van der Waals surface area contributed by atoms with Gasteiger partial charge >= 0.3 is 0 Å². The maximum absolute atomic E-state index is 5.21. The molecule has 16 heavy (non-hydrogen) atoms. The van der Waals surface area contributed by atoms with Gasteiger partial charge in [-0.3, -0.25) is 4.99 Å². The van der Waals surface area contributed by atoms with Gasteiger partial charge in [-0.15, -0.1) is 11.8 Å². The highest BCUT2D eigenvalue weighted by atomic mass is 32.2. The molecule has 1 aliphatic carbocycles. The van der Waals surface area contributed by atoms with Gasteiger partial charge in [0.15, 0.2) is 0 Å². The maximum Gasteiger partial charge on any atom is 0.120 e. The molecule has 0 amide bonds. The number of aliphatic imine (C=N–C) groups is 1. The number of para-hydroxylation sites is 1. The van der Waals surface area contributed by atoms with Crippen LogP contribution in [0, 0.1) is 0 Å². The number of ether oxygens (including phenoxy) is 1. The SMILES string of the molecule is COC1=CC2=Nc3ccccc3SC2C=C1. The molecule has 0 saturated carbocycles. The molecule has 1 unspecified atom stereocenters. The predicted octanol–water partition coefficient (Wildman–Crippen LogP) is 3.33. The van der Waals surface area contributed by atoms with Crippen LogP contribution in [-0.4, -0.2) is 18.1 Å². The lowest BCUT2D eigenvalue weighted by Gasteiger charge is -2.22. The van der Waals surface area contributed by atoms with Crippen molar-refractivity contribution in [1.29, 1.82) is 0 Å². The quantitative estimate of drug-likeness (QED) is 0.736. The second-order valence-electron chi connectivity index (χ2n) is 3.65. The van der Waals surface area contributed by atoms with E-state index in [1.54, 1.807) is 7.11 Å². The summed E-state index contributed by atoms with van der Waals surface area (Å²) in [6.45, 7) is 0. The molecule has 0 N–H and O–H groups in total. The molecule has 0 saturated heterocycles. The molecule has 0 bridgehead atoms. The highest BCUT2D eigenvalue weighted by molar-refractivity contribution is 8.01. The molecule has 0 aromatic heterocycles. The van der Waals surface area contributed by atoms with E-state index in [4.69, 9.17) is 4.74 Å². The Bertz CT molecular complexity index is 516. The van der Waals surface area contributed by atoms with E-state index in [0.717, 1.165) is 17.2 Å². The Morgan fingerprint density at radius 2 is 2.19 bits per heavy atom. The third kappa shape index (κ3) is 1.57. The molecule has 2 aliphatic rings. The summed E-state index contributed by atoms with van der Waals surface area (Å²) in [4.78, 5) is 5.90. The van der Waals surface area contributed by atoms with Crippen molar-refractivity contribution in [2.75, 3.05) is 7.11 Å². The summed E-state index contributed by atoms with van der Waals surface area (Å²) in [5.41, 5.74) is 2.13. The zero-order valence-corrected chi connectivity index (χ0v) is 9.70. The molecule has 3 rings (SSSR count). The molecular formula is C13H11NOS. The first kappa shape index (κ1) is 9.73. The minimum absolute atomic E-state index is 0.328. The van der Waals surface area contributed by atoms with Crippen LogP contribution in [0.4, 0.5) is 5.69 Å². The van der Waals surface area contributed by atoms with Crippen LogP contribution in [0.2, 0.25) is 0 Å². The number of hydrogen-bond acceptors (Lipinski definition) is 3. The van der Waals surface area contributed by atoms with E-state index in [9.17, 15) is 0 Å². The number of rotatable bonds is 1. The second kappa shape index (κ2) is 3.83. The van der Waals surface area contributed by atoms with E-state index < -0.39 is 0 Å². The molecule has 2 nitrogen and oxygen atoms in total. The Labute approximate surface area is 98.7 Å². The molecular weight excluding hydrogens is 218 g/mol. The van der Waals surface area contributed by atoms with E-state index in [1.165, 1.54) is 4.90 Å². The number of thioether (sulfide) groups is 1. The second-order valence-corrected chi connectivity index (χ2v) is 4.84. The van der Waals surface area contributed by atoms with Crippen molar-refractivity contribution in [1.82, 2.24) is 0 Å². The van der Waals surface area contributed by atoms with Gasteiger partial charge in [0.05, 0.1) is 23.8 Å². The minimum Gasteiger partial charge on any atom is -0.497 e. The summed E-state index contributed by atoms with van der Waals surface area (Å²) in [7, 11) is 1.68. The van der Waals surface area contributed by atoms with Crippen LogP contribution in [0.5, 0.6) is 0 Å². The zero-order chi connectivity index (χ0) is 11.0. The molecule has 0 radical (unpaired) electrons. The van der Waals surface area contributed by atoms with Gasteiger partial charge in [0, 0.05) is 11.0 Å². The van der Waals surface area contributed by atoms with Gasteiger partial charge in [-0.2, -0.15) is 0 Å². The fourth-order valence-corrected chi connectivity index (χ4v) is 2.87. The van der Waals surface area contributed by atoms with Crippen molar-refractivity contribution in [3.05, 3.63) is 48.3 Å². The van der Waals surface area contributed by atoms with Crippen LogP contribution in [0.1, 0.15) is 0 Å². The molecule has 80 valence electrons. The number of benzene rings is 1. The standard InChI is InChI=1S/C13H11NOS/c1-15-9-6-7-13-11(8-9)14-10-4-2-3-5-12(10)16-13/h2-8,13H,1H3. The highest BCUT2D eigenvalue weighted by Gasteiger charge is 2.22. The van der Waals surface area contributed by atoms with Crippen LogP contribution < -0.4 is 0 Å². The molecule has 0 fully saturated rings. The number of nitrogens with zero attached hydrogens (tertiary/aromatic N) is 1. The highest BCUT2D eigenvalue weighted by Crippen LogP contribution is 2.39. The van der Waals surface area contributed by atoms with Gasteiger partial charge in [0.25, 0.3) is 0 Å². The Morgan fingerprint density at radius 3 is 3.06 bits per heavy atom. The smallest absolute Gasteiger partial charge is 0.120 e. The van der Waals surface area contributed by atoms with Gasteiger partial charge in [-0.05, 0) is 18.2 Å². The fraction of sp³-hybridized carbons (Fsp3) is 0.154. The molecule has 1 aliphatic heterocycles. The lowest BCUT2D eigenvalue weighted by atomic mass is 10.1. The average Bonchev–Trinajstić information content (AvgIpc) is 2.35. The molecule has 1 atom stereocenters. The summed E-state index contributed by atoms with van der Waals surface area (Å²) in [6, 6.07) is 8.23. The van der Waals surface area contributed by atoms with Crippen LogP contribution in [0.25, 0.3) is 0 Å². The van der Waals surface area contributed by atoms with E-state index in [2.05, 4.69) is 23.2 Å². The van der Waals surface area contributed by atoms with Crippen LogP contribution >= 0.6 is 11.8 Å².